The number of carbonyl (C=O) groups excluding carboxylic acids is 1. The fraction of sp³-hybridized carbons (Fsp3) is 0.200. The van der Waals surface area contributed by atoms with Crippen molar-refractivity contribution in [2.24, 2.45) is 0 Å². The van der Waals surface area contributed by atoms with E-state index in [4.69, 9.17) is 11.6 Å². The number of rotatable bonds is 6. The molecule has 1 amide bonds. The second kappa shape index (κ2) is 8.15. The second-order valence-electron chi connectivity index (χ2n) is 6.10. The summed E-state index contributed by atoms with van der Waals surface area (Å²) in [5, 5.41) is 7.68. The lowest BCUT2D eigenvalue weighted by Gasteiger charge is -2.17. The molecule has 0 unspecified atom stereocenters. The molecular formula is C20H19ClFN3O. The topological polar surface area (TPSA) is 49.0 Å². The maximum Gasteiger partial charge on any atom is 0.256 e. The van der Waals surface area contributed by atoms with Gasteiger partial charge in [0.15, 0.2) is 0 Å². The third-order valence-corrected chi connectivity index (χ3v) is 4.38. The number of hydrogen-bond acceptors (Lipinski definition) is 2. The minimum absolute atomic E-state index is 0.00657. The Bertz CT molecular complexity index is 895. The van der Waals surface area contributed by atoms with Crippen molar-refractivity contribution in [3.05, 3.63) is 76.7 Å². The average Bonchev–Trinajstić information content (AvgIpc) is 3.12. The van der Waals surface area contributed by atoms with Gasteiger partial charge in [-0.1, -0.05) is 41.9 Å². The van der Waals surface area contributed by atoms with E-state index in [0.29, 0.717) is 11.6 Å². The summed E-state index contributed by atoms with van der Waals surface area (Å²) in [6, 6.07) is 15.9. The van der Waals surface area contributed by atoms with Crippen LogP contribution in [-0.2, 0) is 6.42 Å². The maximum atomic E-state index is 13.8. The van der Waals surface area contributed by atoms with Gasteiger partial charge in [0.2, 0.25) is 0 Å². The molecular weight excluding hydrogens is 353 g/mol. The van der Waals surface area contributed by atoms with E-state index in [-0.39, 0.29) is 11.5 Å². The predicted molar refractivity (Wildman–Crippen MR) is 101 cm³/mol. The molecule has 0 spiro atoms. The molecule has 1 N–H and O–H groups in total. The highest BCUT2D eigenvalue weighted by molar-refractivity contribution is 6.31. The Balaban J connectivity index is 1.55. The van der Waals surface area contributed by atoms with E-state index in [9.17, 15) is 9.18 Å². The SMILES string of the molecule is CN(CCCc1cc(-c2ccccc2)n[nH]1)C(=O)c1cc(Cl)ccc1F. The summed E-state index contributed by atoms with van der Waals surface area (Å²) in [5.41, 5.74) is 2.94. The van der Waals surface area contributed by atoms with Crippen molar-refractivity contribution in [2.45, 2.75) is 12.8 Å². The van der Waals surface area contributed by atoms with Crippen molar-refractivity contribution in [2.75, 3.05) is 13.6 Å². The summed E-state index contributed by atoms with van der Waals surface area (Å²) in [4.78, 5) is 13.9. The van der Waals surface area contributed by atoms with Gasteiger partial charge in [0.05, 0.1) is 11.3 Å². The molecule has 1 aromatic heterocycles. The molecule has 0 saturated heterocycles. The molecule has 0 aliphatic carbocycles. The Hall–Kier alpha value is -2.66. The van der Waals surface area contributed by atoms with Gasteiger partial charge in [-0.05, 0) is 37.1 Å². The Morgan fingerprint density at radius 3 is 2.73 bits per heavy atom. The number of nitrogens with one attached hydrogen (secondary N) is 1. The zero-order chi connectivity index (χ0) is 18.5. The lowest BCUT2D eigenvalue weighted by molar-refractivity contribution is 0.0789. The van der Waals surface area contributed by atoms with Crippen LogP contribution in [0, 0.1) is 5.82 Å². The summed E-state index contributed by atoms with van der Waals surface area (Å²) < 4.78 is 13.8. The minimum Gasteiger partial charge on any atom is -0.342 e. The highest BCUT2D eigenvalue weighted by Gasteiger charge is 2.16. The van der Waals surface area contributed by atoms with Crippen LogP contribution < -0.4 is 0 Å². The molecule has 3 rings (SSSR count). The number of aromatic nitrogens is 2. The number of benzene rings is 2. The molecule has 0 bridgehead atoms. The molecule has 3 aromatic rings. The molecule has 4 nitrogen and oxygen atoms in total. The number of aromatic amines is 1. The van der Waals surface area contributed by atoms with E-state index in [2.05, 4.69) is 10.2 Å². The molecule has 6 heteroatoms. The molecule has 0 saturated carbocycles. The first kappa shape index (κ1) is 18.1. The highest BCUT2D eigenvalue weighted by Crippen LogP contribution is 2.18. The maximum absolute atomic E-state index is 13.8. The molecule has 0 radical (unpaired) electrons. The van der Waals surface area contributed by atoms with Crippen LogP contribution in [0.2, 0.25) is 5.02 Å². The Morgan fingerprint density at radius 2 is 1.96 bits per heavy atom. The van der Waals surface area contributed by atoms with Gasteiger partial charge < -0.3 is 4.90 Å². The van der Waals surface area contributed by atoms with Crippen molar-refractivity contribution in [1.82, 2.24) is 15.1 Å². The molecule has 0 aliphatic heterocycles. The van der Waals surface area contributed by atoms with Crippen LogP contribution in [0.1, 0.15) is 22.5 Å². The highest BCUT2D eigenvalue weighted by atomic mass is 35.5. The monoisotopic (exact) mass is 371 g/mol. The Morgan fingerprint density at radius 1 is 1.19 bits per heavy atom. The van der Waals surface area contributed by atoms with Gasteiger partial charge in [0, 0.05) is 29.9 Å². The number of amides is 1. The average molecular weight is 372 g/mol. The van der Waals surface area contributed by atoms with E-state index in [1.54, 1.807) is 7.05 Å². The van der Waals surface area contributed by atoms with Crippen LogP contribution in [0.3, 0.4) is 0 Å². The quantitative estimate of drug-likeness (QED) is 0.689. The molecule has 0 aliphatic rings. The van der Waals surface area contributed by atoms with Gasteiger partial charge in [-0.3, -0.25) is 9.89 Å². The van der Waals surface area contributed by atoms with Crippen molar-refractivity contribution in [3.63, 3.8) is 0 Å². The van der Waals surface area contributed by atoms with Crippen LogP contribution in [0.5, 0.6) is 0 Å². The fourth-order valence-electron chi connectivity index (χ4n) is 2.72. The molecule has 1 heterocycles. The van der Waals surface area contributed by atoms with E-state index in [1.165, 1.54) is 23.1 Å². The summed E-state index contributed by atoms with van der Waals surface area (Å²) in [6.07, 6.45) is 1.48. The Labute approximate surface area is 156 Å². The number of aryl methyl sites for hydroxylation is 1. The number of halogens is 2. The zero-order valence-electron chi connectivity index (χ0n) is 14.4. The summed E-state index contributed by atoms with van der Waals surface area (Å²) in [5.74, 6) is -0.938. The number of H-pyrrole nitrogens is 1. The van der Waals surface area contributed by atoms with Crippen molar-refractivity contribution >= 4 is 17.5 Å². The van der Waals surface area contributed by atoms with Gasteiger partial charge >= 0.3 is 0 Å². The molecule has 0 fully saturated rings. The molecule has 26 heavy (non-hydrogen) atoms. The van der Waals surface area contributed by atoms with Crippen LogP contribution in [0.15, 0.2) is 54.6 Å². The zero-order valence-corrected chi connectivity index (χ0v) is 15.1. The summed E-state index contributed by atoms with van der Waals surface area (Å²) in [6.45, 7) is 0.504. The number of nitrogens with zero attached hydrogens (tertiary/aromatic N) is 2. The first-order chi connectivity index (χ1) is 12.5. The number of hydrogen-bond donors (Lipinski definition) is 1. The standard InChI is InChI=1S/C20H19ClFN3O/c1-25(20(26)17-12-15(21)9-10-18(17)22)11-5-8-16-13-19(24-23-16)14-6-3-2-4-7-14/h2-4,6-7,9-10,12-13H,5,8,11H2,1H3,(H,23,24). The second-order valence-corrected chi connectivity index (χ2v) is 6.54. The van der Waals surface area contributed by atoms with E-state index >= 15 is 0 Å². The van der Waals surface area contributed by atoms with Crippen molar-refractivity contribution in [3.8, 4) is 11.3 Å². The van der Waals surface area contributed by atoms with E-state index in [0.717, 1.165) is 29.8 Å². The minimum atomic E-state index is -0.563. The van der Waals surface area contributed by atoms with Gasteiger partial charge in [-0.2, -0.15) is 5.10 Å². The fourth-order valence-corrected chi connectivity index (χ4v) is 2.89. The summed E-state index contributed by atoms with van der Waals surface area (Å²) >= 11 is 5.85. The van der Waals surface area contributed by atoms with E-state index < -0.39 is 5.82 Å². The lowest BCUT2D eigenvalue weighted by Crippen LogP contribution is -2.28. The van der Waals surface area contributed by atoms with E-state index in [1.807, 2.05) is 36.4 Å². The first-order valence-corrected chi connectivity index (χ1v) is 8.72. The summed E-state index contributed by atoms with van der Waals surface area (Å²) in [7, 11) is 1.66. The first-order valence-electron chi connectivity index (χ1n) is 8.35. The normalized spacial score (nSPS) is 10.7. The van der Waals surface area contributed by atoms with Crippen LogP contribution in [0.4, 0.5) is 4.39 Å². The molecule has 134 valence electrons. The smallest absolute Gasteiger partial charge is 0.256 e. The third kappa shape index (κ3) is 4.29. The van der Waals surface area contributed by atoms with Crippen LogP contribution >= 0.6 is 11.6 Å². The van der Waals surface area contributed by atoms with Gasteiger partial charge in [0.25, 0.3) is 5.91 Å². The van der Waals surface area contributed by atoms with Gasteiger partial charge in [-0.15, -0.1) is 0 Å². The van der Waals surface area contributed by atoms with Crippen molar-refractivity contribution in [1.29, 1.82) is 0 Å². The lowest BCUT2D eigenvalue weighted by atomic mass is 10.1. The third-order valence-electron chi connectivity index (χ3n) is 4.15. The Kier molecular flexibility index (Phi) is 5.68. The number of carbonyl (C=O) groups is 1. The predicted octanol–water partition coefficient (Wildman–Crippen LogP) is 4.57. The van der Waals surface area contributed by atoms with Gasteiger partial charge in [-0.25, -0.2) is 4.39 Å². The molecule has 0 atom stereocenters. The molecule has 2 aromatic carbocycles. The van der Waals surface area contributed by atoms with Crippen LogP contribution in [-0.4, -0.2) is 34.6 Å². The largest absolute Gasteiger partial charge is 0.342 e. The van der Waals surface area contributed by atoms with Crippen molar-refractivity contribution < 1.29 is 9.18 Å². The van der Waals surface area contributed by atoms with Gasteiger partial charge in [0.1, 0.15) is 5.82 Å². The van der Waals surface area contributed by atoms with Crippen LogP contribution in [0.25, 0.3) is 11.3 Å².